The van der Waals surface area contributed by atoms with Crippen LogP contribution in [0, 0.1) is 0 Å². The zero-order chi connectivity index (χ0) is 24.9. The summed E-state index contributed by atoms with van der Waals surface area (Å²) in [5, 5.41) is 0.0749. The monoisotopic (exact) mass is 505 g/mol. The minimum absolute atomic E-state index is 1.44. The lowest BCUT2D eigenvalue weighted by Crippen LogP contribution is -2.67. The van der Waals surface area contributed by atoms with Gasteiger partial charge >= 0.3 is 41.2 Å². The van der Waals surface area contributed by atoms with E-state index in [-0.39, 0.29) is 0 Å². The summed E-state index contributed by atoms with van der Waals surface area (Å²) in [5.74, 6) is -26.7. The molecule has 0 aliphatic heterocycles. The van der Waals surface area contributed by atoms with Gasteiger partial charge in [0.1, 0.15) is 0 Å². The van der Waals surface area contributed by atoms with Crippen molar-refractivity contribution in [2.24, 2.45) is 0 Å². The first-order chi connectivity index (χ1) is 12.7. The number of alkyl halides is 13. The van der Waals surface area contributed by atoms with Crippen LogP contribution in [0.1, 0.15) is 0 Å². The Balaban J connectivity index is 6.55. The molecular formula is C9H2F15NO4S. The van der Waals surface area contributed by atoms with E-state index in [4.69, 9.17) is 5.11 Å². The number of nitrogens with one attached hydrogen (secondary N) is 1. The van der Waals surface area contributed by atoms with E-state index in [0.29, 0.717) is 0 Å². The number of sulfonamides is 1. The highest BCUT2D eigenvalue weighted by Crippen LogP contribution is 2.55. The van der Waals surface area contributed by atoms with Crippen LogP contribution in [0.3, 0.4) is 0 Å². The van der Waals surface area contributed by atoms with Gasteiger partial charge in [-0.15, -0.1) is 4.72 Å². The number of rotatable bonds is 8. The lowest BCUT2D eigenvalue weighted by atomic mass is 10.1. The SMILES string of the molecule is O=C(O)C(=C(F)F)C(F)(F)C(F)(F)NS(=O)(=O)C(F)(F)C(F)(F)C(F)(F)C(F)(F)F. The second-order valence-electron chi connectivity index (χ2n) is 4.86. The van der Waals surface area contributed by atoms with Crippen LogP contribution in [0.2, 0.25) is 0 Å². The van der Waals surface area contributed by atoms with Crippen LogP contribution in [0.15, 0.2) is 11.7 Å². The lowest BCUT2D eigenvalue weighted by Gasteiger charge is -2.34. The Hall–Kier alpha value is -1.93. The van der Waals surface area contributed by atoms with Gasteiger partial charge in [-0.2, -0.15) is 65.9 Å². The molecule has 0 aromatic carbocycles. The van der Waals surface area contributed by atoms with Crippen molar-refractivity contribution in [3.05, 3.63) is 11.7 Å². The van der Waals surface area contributed by atoms with Crippen LogP contribution in [0.25, 0.3) is 0 Å². The van der Waals surface area contributed by atoms with E-state index in [0.717, 1.165) is 0 Å². The topological polar surface area (TPSA) is 83.5 Å². The number of hydrogen-bond acceptors (Lipinski definition) is 3. The van der Waals surface area contributed by atoms with Gasteiger partial charge in [-0.25, -0.2) is 13.2 Å². The molecule has 0 radical (unpaired) electrons. The van der Waals surface area contributed by atoms with Crippen molar-refractivity contribution in [1.29, 1.82) is 0 Å². The second-order valence-corrected chi connectivity index (χ2v) is 6.58. The van der Waals surface area contributed by atoms with Crippen molar-refractivity contribution < 1.29 is 84.2 Å². The van der Waals surface area contributed by atoms with Gasteiger partial charge in [0.2, 0.25) is 0 Å². The summed E-state index contributed by atoms with van der Waals surface area (Å²) in [6.07, 6.45) is -11.8. The van der Waals surface area contributed by atoms with Crippen LogP contribution in [-0.2, 0) is 14.8 Å². The van der Waals surface area contributed by atoms with Gasteiger partial charge in [0.25, 0.3) is 16.1 Å². The van der Waals surface area contributed by atoms with Crippen molar-refractivity contribution in [2.45, 2.75) is 35.2 Å². The summed E-state index contributed by atoms with van der Waals surface area (Å²) >= 11 is 0. The number of aliphatic carboxylic acids is 1. The molecule has 0 spiro atoms. The van der Waals surface area contributed by atoms with Gasteiger partial charge in [-0.3, -0.25) is 0 Å². The first-order valence-corrected chi connectivity index (χ1v) is 7.49. The van der Waals surface area contributed by atoms with E-state index in [1.165, 1.54) is 0 Å². The molecule has 0 heterocycles. The molecule has 0 saturated carbocycles. The molecule has 0 fully saturated rings. The lowest BCUT2D eigenvalue weighted by molar-refractivity contribution is -0.382. The normalized spacial score (nSPS) is 15.2. The van der Waals surface area contributed by atoms with Gasteiger partial charge in [0, 0.05) is 0 Å². The predicted octanol–water partition coefficient (Wildman–Crippen LogP) is 3.79. The average Bonchev–Trinajstić information content (AvgIpc) is 2.42. The van der Waals surface area contributed by atoms with Crippen LogP contribution in [0.4, 0.5) is 65.9 Å². The molecule has 21 heteroatoms. The maximum Gasteiger partial charge on any atom is 0.460 e. The maximum absolute atomic E-state index is 13.3. The first kappa shape index (κ1) is 28.1. The standard InChI is InChI=1S/C9H2F15NO4S/c10-2(11)1(3(26)27)4(12,13)8(21,22)25-30(28,29)9(23,24)6(16,17)5(14,15)7(18,19)20/h25H,(H,26,27). The van der Waals surface area contributed by atoms with Gasteiger partial charge in [0.05, 0.1) is 0 Å². The molecule has 2 N–H and O–H groups in total. The molecular weight excluding hydrogens is 503 g/mol. The van der Waals surface area contributed by atoms with Gasteiger partial charge in [-0.1, -0.05) is 0 Å². The van der Waals surface area contributed by atoms with Gasteiger partial charge < -0.3 is 5.11 Å². The number of carboxylic acid groups (broad SMARTS) is 1. The summed E-state index contributed by atoms with van der Waals surface area (Å²) in [6.45, 7) is 0. The average molecular weight is 505 g/mol. The zero-order valence-electron chi connectivity index (χ0n) is 12.7. The van der Waals surface area contributed by atoms with E-state index < -0.39 is 67.6 Å². The van der Waals surface area contributed by atoms with Crippen molar-refractivity contribution in [3.8, 4) is 0 Å². The molecule has 0 aliphatic carbocycles. The molecule has 5 nitrogen and oxygen atoms in total. The summed E-state index contributed by atoms with van der Waals surface area (Å²) in [6, 6.07) is -7.18. The molecule has 0 atom stereocenters. The molecule has 0 bridgehead atoms. The third kappa shape index (κ3) is 4.12. The number of carboxylic acids is 1. The fourth-order valence-electron chi connectivity index (χ4n) is 1.32. The van der Waals surface area contributed by atoms with Gasteiger partial charge in [0.15, 0.2) is 5.57 Å². The highest BCUT2D eigenvalue weighted by molar-refractivity contribution is 7.90. The Labute approximate surface area is 153 Å². The first-order valence-electron chi connectivity index (χ1n) is 6.00. The summed E-state index contributed by atoms with van der Waals surface area (Å²) < 4.78 is 211. The molecule has 0 unspecified atom stereocenters. The van der Waals surface area contributed by atoms with Crippen LogP contribution >= 0.6 is 0 Å². The van der Waals surface area contributed by atoms with Crippen LogP contribution in [-0.4, -0.2) is 54.7 Å². The van der Waals surface area contributed by atoms with E-state index in [2.05, 4.69) is 0 Å². The third-order valence-corrected chi connectivity index (χ3v) is 4.28. The van der Waals surface area contributed by atoms with Crippen molar-refractivity contribution in [2.75, 3.05) is 0 Å². The van der Waals surface area contributed by atoms with Crippen molar-refractivity contribution in [1.82, 2.24) is 4.72 Å². The van der Waals surface area contributed by atoms with Crippen LogP contribution in [0.5, 0.6) is 0 Å². The molecule has 0 saturated heterocycles. The Morgan fingerprint density at radius 1 is 0.733 bits per heavy atom. The quantitative estimate of drug-likeness (QED) is 0.299. The maximum atomic E-state index is 13.3. The second kappa shape index (κ2) is 7.34. The molecule has 0 amide bonds. The molecule has 0 aromatic rings. The fraction of sp³-hybridized carbons (Fsp3) is 0.667. The largest absolute Gasteiger partial charge is 0.478 e. The molecule has 30 heavy (non-hydrogen) atoms. The molecule has 0 aromatic heterocycles. The zero-order valence-corrected chi connectivity index (χ0v) is 13.6. The molecule has 0 rings (SSSR count). The summed E-state index contributed by atoms with van der Waals surface area (Å²) in [4.78, 5) is 10.2. The number of hydrogen-bond donors (Lipinski definition) is 2. The van der Waals surface area contributed by atoms with E-state index in [9.17, 15) is 79.1 Å². The summed E-state index contributed by atoms with van der Waals surface area (Å²) in [7, 11) is -8.39. The minimum Gasteiger partial charge on any atom is -0.478 e. The number of carbonyl (C=O) groups is 1. The highest BCUT2D eigenvalue weighted by Gasteiger charge is 2.86. The third-order valence-electron chi connectivity index (χ3n) is 2.83. The van der Waals surface area contributed by atoms with Crippen LogP contribution < -0.4 is 4.72 Å². The van der Waals surface area contributed by atoms with Gasteiger partial charge in [-0.05, 0) is 0 Å². The summed E-state index contributed by atoms with van der Waals surface area (Å²) in [5.41, 5.74) is -3.95. The van der Waals surface area contributed by atoms with E-state index in [1.54, 1.807) is 0 Å². The fourth-order valence-corrected chi connectivity index (χ4v) is 2.38. The Morgan fingerprint density at radius 2 is 1.10 bits per heavy atom. The van der Waals surface area contributed by atoms with Crippen molar-refractivity contribution in [3.63, 3.8) is 0 Å². The van der Waals surface area contributed by atoms with Crippen molar-refractivity contribution >= 4 is 16.0 Å². The molecule has 0 aliphatic rings. The highest BCUT2D eigenvalue weighted by atomic mass is 32.2. The number of halogens is 15. The predicted molar refractivity (Wildman–Crippen MR) is 59.7 cm³/mol. The Kier molecular flexibility index (Phi) is 6.87. The minimum atomic E-state index is -8.39. The molecule has 178 valence electrons. The smallest absolute Gasteiger partial charge is 0.460 e. The van der Waals surface area contributed by atoms with E-state index >= 15 is 0 Å². The Morgan fingerprint density at radius 3 is 1.37 bits per heavy atom. The van der Waals surface area contributed by atoms with E-state index in [1.807, 2.05) is 0 Å². The Bertz CT molecular complexity index is 824.